The van der Waals surface area contributed by atoms with Crippen LogP contribution in [-0.2, 0) is 13.0 Å². The first-order chi connectivity index (χ1) is 13.3. The number of hydrogen-bond donors (Lipinski definition) is 2. The normalized spacial score (nSPS) is 15.8. The third-order valence-electron chi connectivity index (χ3n) is 4.95. The van der Waals surface area contributed by atoms with E-state index in [1.54, 1.807) is 13.2 Å². The molecular weight excluding hydrogens is 338 g/mol. The molecule has 1 atom stereocenters. The molecule has 4 heteroatoms. The molecule has 1 unspecified atom stereocenters. The van der Waals surface area contributed by atoms with Gasteiger partial charge in [-0.1, -0.05) is 48.5 Å². The molecule has 1 aliphatic heterocycles. The van der Waals surface area contributed by atoms with Crippen molar-refractivity contribution in [3.05, 3.63) is 89.0 Å². The van der Waals surface area contributed by atoms with Crippen LogP contribution in [0.4, 0.5) is 0 Å². The first-order valence-corrected chi connectivity index (χ1v) is 9.15. The average Bonchev–Trinajstić information content (AvgIpc) is 2.72. The Morgan fingerprint density at radius 2 is 1.85 bits per heavy atom. The Bertz CT molecular complexity index is 924. The van der Waals surface area contributed by atoms with Crippen molar-refractivity contribution in [1.82, 2.24) is 5.32 Å². The van der Waals surface area contributed by atoms with Crippen molar-refractivity contribution in [1.29, 1.82) is 0 Å². The van der Waals surface area contributed by atoms with Crippen molar-refractivity contribution < 1.29 is 14.6 Å². The standard InChI is InChI=1S/C23H23NO3/c1-26-21-9-5-8-20(23(21)27-15-16-6-3-2-4-7-16)22-19-11-10-18(25)14-17(19)12-13-24-22/h2-11,14,22,24-25H,12-13,15H2,1H3. The molecule has 3 aromatic rings. The van der Waals surface area contributed by atoms with Crippen LogP contribution < -0.4 is 14.8 Å². The topological polar surface area (TPSA) is 50.7 Å². The maximum atomic E-state index is 9.83. The number of benzene rings is 3. The molecule has 0 aliphatic carbocycles. The smallest absolute Gasteiger partial charge is 0.166 e. The first-order valence-electron chi connectivity index (χ1n) is 9.15. The largest absolute Gasteiger partial charge is 0.508 e. The van der Waals surface area contributed by atoms with E-state index in [4.69, 9.17) is 9.47 Å². The van der Waals surface area contributed by atoms with E-state index in [2.05, 4.69) is 11.4 Å². The second-order valence-electron chi connectivity index (χ2n) is 6.67. The summed E-state index contributed by atoms with van der Waals surface area (Å²) in [6.07, 6.45) is 0.893. The van der Waals surface area contributed by atoms with Crippen molar-refractivity contribution in [2.45, 2.75) is 19.1 Å². The molecule has 1 aliphatic rings. The summed E-state index contributed by atoms with van der Waals surface area (Å²) in [5.74, 6) is 1.78. The summed E-state index contributed by atoms with van der Waals surface area (Å²) >= 11 is 0. The van der Waals surface area contributed by atoms with E-state index < -0.39 is 0 Å². The number of para-hydroxylation sites is 1. The highest BCUT2D eigenvalue weighted by atomic mass is 16.5. The zero-order valence-electron chi connectivity index (χ0n) is 15.3. The Morgan fingerprint density at radius 3 is 2.67 bits per heavy atom. The fourth-order valence-corrected chi connectivity index (χ4v) is 3.63. The Hall–Kier alpha value is -2.98. The molecule has 0 bridgehead atoms. The second-order valence-corrected chi connectivity index (χ2v) is 6.67. The predicted octanol–water partition coefficient (Wildman–Crippen LogP) is 4.21. The molecule has 138 valence electrons. The number of nitrogens with one attached hydrogen (secondary N) is 1. The summed E-state index contributed by atoms with van der Waals surface area (Å²) in [5.41, 5.74) is 4.47. The lowest BCUT2D eigenvalue weighted by atomic mass is 9.89. The maximum absolute atomic E-state index is 9.83. The molecule has 2 N–H and O–H groups in total. The highest BCUT2D eigenvalue weighted by Gasteiger charge is 2.26. The van der Waals surface area contributed by atoms with Crippen molar-refractivity contribution in [2.75, 3.05) is 13.7 Å². The average molecular weight is 361 g/mol. The minimum atomic E-state index is -0.00442. The van der Waals surface area contributed by atoms with Crippen LogP contribution in [0.5, 0.6) is 17.2 Å². The SMILES string of the molecule is COc1cccc(C2NCCc3cc(O)ccc32)c1OCc1ccccc1. The fourth-order valence-electron chi connectivity index (χ4n) is 3.63. The van der Waals surface area contributed by atoms with E-state index in [-0.39, 0.29) is 6.04 Å². The van der Waals surface area contributed by atoms with E-state index in [0.717, 1.165) is 46.7 Å². The van der Waals surface area contributed by atoms with Gasteiger partial charge in [0, 0.05) is 12.1 Å². The number of methoxy groups -OCH3 is 1. The van der Waals surface area contributed by atoms with Crippen molar-refractivity contribution in [3.8, 4) is 17.2 Å². The zero-order valence-corrected chi connectivity index (χ0v) is 15.3. The Labute approximate surface area is 159 Å². The molecule has 0 fully saturated rings. The van der Waals surface area contributed by atoms with E-state index in [0.29, 0.717) is 12.4 Å². The van der Waals surface area contributed by atoms with Gasteiger partial charge in [-0.2, -0.15) is 0 Å². The van der Waals surface area contributed by atoms with Gasteiger partial charge >= 0.3 is 0 Å². The molecular formula is C23H23NO3. The quantitative estimate of drug-likeness (QED) is 0.715. The first kappa shape index (κ1) is 17.4. The van der Waals surface area contributed by atoms with Gasteiger partial charge in [0.25, 0.3) is 0 Å². The summed E-state index contributed by atoms with van der Waals surface area (Å²) < 4.78 is 11.8. The highest BCUT2D eigenvalue weighted by molar-refractivity contribution is 5.53. The molecule has 0 aromatic heterocycles. The van der Waals surface area contributed by atoms with Crippen LogP contribution in [0.15, 0.2) is 66.7 Å². The minimum absolute atomic E-state index is 0.00442. The zero-order chi connectivity index (χ0) is 18.6. The van der Waals surface area contributed by atoms with Crippen LogP contribution in [0.2, 0.25) is 0 Å². The summed E-state index contributed by atoms with van der Waals surface area (Å²) in [4.78, 5) is 0. The van der Waals surface area contributed by atoms with Crippen LogP contribution in [-0.4, -0.2) is 18.8 Å². The number of phenols is 1. The Morgan fingerprint density at radius 1 is 1.00 bits per heavy atom. The lowest BCUT2D eigenvalue weighted by Crippen LogP contribution is -2.30. The summed E-state index contributed by atoms with van der Waals surface area (Å²) in [6, 6.07) is 21.7. The maximum Gasteiger partial charge on any atom is 0.166 e. The van der Waals surface area contributed by atoms with Gasteiger partial charge in [0.1, 0.15) is 12.4 Å². The Kier molecular flexibility index (Phi) is 4.99. The van der Waals surface area contributed by atoms with E-state index in [1.807, 2.05) is 54.6 Å². The van der Waals surface area contributed by atoms with Gasteiger partial charge in [-0.15, -0.1) is 0 Å². The lowest BCUT2D eigenvalue weighted by Gasteiger charge is -2.29. The number of rotatable bonds is 5. The monoisotopic (exact) mass is 361 g/mol. The molecule has 0 saturated heterocycles. The van der Waals surface area contributed by atoms with Crippen molar-refractivity contribution >= 4 is 0 Å². The van der Waals surface area contributed by atoms with Crippen LogP contribution in [0.25, 0.3) is 0 Å². The molecule has 4 nitrogen and oxygen atoms in total. The predicted molar refractivity (Wildman–Crippen MR) is 105 cm³/mol. The van der Waals surface area contributed by atoms with Crippen LogP contribution >= 0.6 is 0 Å². The molecule has 0 radical (unpaired) electrons. The summed E-state index contributed by atoms with van der Waals surface area (Å²) in [7, 11) is 1.66. The highest BCUT2D eigenvalue weighted by Crippen LogP contribution is 2.40. The second kappa shape index (κ2) is 7.72. The number of fused-ring (bicyclic) bond motifs is 1. The molecule has 0 saturated carbocycles. The third kappa shape index (κ3) is 3.62. The van der Waals surface area contributed by atoms with Crippen LogP contribution in [0, 0.1) is 0 Å². The number of hydrogen-bond acceptors (Lipinski definition) is 4. The van der Waals surface area contributed by atoms with Gasteiger partial charge in [-0.3, -0.25) is 0 Å². The molecule has 27 heavy (non-hydrogen) atoms. The van der Waals surface area contributed by atoms with E-state index >= 15 is 0 Å². The van der Waals surface area contributed by atoms with Gasteiger partial charge in [0.15, 0.2) is 11.5 Å². The summed E-state index contributed by atoms with van der Waals surface area (Å²) in [5, 5.41) is 13.4. The summed E-state index contributed by atoms with van der Waals surface area (Å²) in [6.45, 7) is 1.32. The molecule has 1 heterocycles. The van der Waals surface area contributed by atoms with Crippen LogP contribution in [0.3, 0.4) is 0 Å². The van der Waals surface area contributed by atoms with Gasteiger partial charge in [-0.25, -0.2) is 0 Å². The van der Waals surface area contributed by atoms with Gasteiger partial charge < -0.3 is 19.9 Å². The third-order valence-corrected chi connectivity index (χ3v) is 4.95. The van der Waals surface area contributed by atoms with Crippen LogP contribution in [0.1, 0.15) is 28.3 Å². The van der Waals surface area contributed by atoms with Gasteiger partial charge in [0.2, 0.25) is 0 Å². The number of aromatic hydroxyl groups is 1. The number of phenolic OH excluding ortho intramolecular Hbond substituents is 1. The van der Waals surface area contributed by atoms with E-state index in [9.17, 15) is 5.11 Å². The molecule has 0 amide bonds. The minimum Gasteiger partial charge on any atom is -0.508 e. The Balaban J connectivity index is 1.71. The van der Waals surface area contributed by atoms with Gasteiger partial charge in [0.05, 0.1) is 13.2 Å². The van der Waals surface area contributed by atoms with Crippen molar-refractivity contribution in [3.63, 3.8) is 0 Å². The van der Waals surface area contributed by atoms with Crippen molar-refractivity contribution in [2.24, 2.45) is 0 Å². The molecule has 0 spiro atoms. The molecule has 4 rings (SSSR count). The lowest BCUT2D eigenvalue weighted by molar-refractivity contribution is 0.279. The number of ether oxygens (including phenoxy) is 2. The molecule has 3 aromatic carbocycles. The fraction of sp³-hybridized carbons (Fsp3) is 0.217. The van der Waals surface area contributed by atoms with Gasteiger partial charge in [-0.05, 0) is 41.3 Å². The van der Waals surface area contributed by atoms with E-state index in [1.165, 1.54) is 0 Å².